The molecule has 242 valence electrons. The smallest absolute Gasteiger partial charge is 0.315 e. The van der Waals surface area contributed by atoms with Crippen molar-refractivity contribution in [2.24, 2.45) is 0 Å². The lowest BCUT2D eigenvalue weighted by Gasteiger charge is -2.34. The van der Waals surface area contributed by atoms with Gasteiger partial charge in [0.25, 0.3) is 0 Å². The number of benzene rings is 2. The quantitative estimate of drug-likeness (QED) is 0.156. The van der Waals surface area contributed by atoms with Gasteiger partial charge < -0.3 is 4.74 Å². The van der Waals surface area contributed by atoms with Crippen molar-refractivity contribution in [2.45, 2.75) is 61.1 Å². The third kappa shape index (κ3) is 5.13. The summed E-state index contributed by atoms with van der Waals surface area (Å²) in [5, 5.41) is 0. The number of hydrogen-bond acceptors (Lipinski definition) is 1. The summed E-state index contributed by atoms with van der Waals surface area (Å²) < 4.78 is 282. The summed E-state index contributed by atoms with van der Waals surface area (Å²) in [4.78, 5) is 0. The molecule has 0 aromatic heterocycles. The second-order valence-corrected chi connectivity index (χ2v) is 8.90. The average molecular weight is 668 g/mol. The molecule has 3 rings (SSSR count). The first-order chi connectivity index (χ1) is 19.4. The van der Waals surface area contributed by atoms with E-state index in [-0.39, 0.29) is 0 Å². The monoisotopic (exact) mass is 668 g/mol. The van der Waals surface area contributed by atoms with E-state index in [1.807, 2.05) is 0 Å². The number of ether oxygens (including phenoxy) is 1. The van der Waals surface area contributed by atoms with E-state index >= 15 is 0 Å². The molecule has 4 atom stereocenters. The standard InChI is InChI=1S/C22H8F20O/c23-7-5(8(24)12(28)15(31)11(7)27)21(39,40)17(33)19(35,36)3-1-2-4(43-3)20(37,38)18(34)22(41,42)6-9(25)13(29)16(32)14(30)10(6)26/h3-4,17-18H,1-2H2. The van der Waals surface area contributed by atoms with Gasteiger partial charge in [-0.3, -0.25) is 0 Å². The number of alkyl halides is 10. The molecule has 0 radical (unpaired) electrons. The van der Waals surface area contributed by atoms with Gasteiger partial charge in [-0.15, -0.1) is 0 Å². The first-order valence-electron chi connectivity index (χ1n) is 10.9. The highest BCUT2D eigenvalue weighted by atomic mass is 19.3. The fraction of sp³-hybridized carbons (Fsp3) is 0.455. The molecule has 1 aliphatic heterocycles. The van der Waals surface area contributed by atoms with Gasteiger partial charge in [0.05, 0.1) is 0 Å². The van der Waals surface area contributed by atoms with Crippen molar-refractivity contribution in [3.8, 4) is 0 Å². The van der Waals surface area contributed by atoms with Crippen LogP contribution in [0.25, 0.3) is 0 Å². The zero-order valence-electron chi connectivity index (χ0n) is 19.7. The molecule has 0 amide bonds. The van der Waals surface area contributed by atoms with E-state index in [0.717, 1.165) is 0 Å². The predicted molar refractivity (Wildman–Crippen MR) is 97.8 cm³/mol. The Kier molecular flexibility index (Phi) is 8.71. The molecule has 0 spiro atoms. The topological polar surface area (TPSA) is 9.23 Å². The zero-order chi connectivity index (χ0) is 33.4. The Labute approximate surface area is 224 Å². The molecule has 21 heteroatoms. The molecule has 2 aromatic rings. The lowest BCUT2D eigenvalue weighted by molar-refractivity contribution is -0.265. The van der Waals surface area contributed by atoms with Gasteiger partial charge in [-0.25, -0.2) is 70.2 Å². The number of halogens is 20. The maximum absolute atomic E-state index is 14.6. The van der Waals surface area contributed by atoms with Gasteiger partial charge in [0, 0.05) is 0 Å². The molecule has 1 saturated heterocycles. The Morgan fingerprint density at radius 1 is 0.419 bits per heavy atom. The fourth-order valence-electron chi connectivity index (χ4n) is 4.06. The summed E-state index contributed by atoms with van der Waals surface area (Å²) >= 11 is 0. The molecular formula is C22H8F20O. The summed E-state index contributed by atoms with van der Waals surface area (Å²) in [6.45, 7) is 0. The van der Waals surface area contributed by atoms with E-state index in [9.17, 15) is 87.8 Å². The van der Waals surface area contributed by atoms with Crippen LogP contribution in [0, 0.1) is 58.2 Å². The summed E-state index contributed by atoms with van der Waals surface area (Å²) in [6, 6.07) is 0. The molecular weight excluding hydrogens is 660 g/mol. The third-order valence-electron chi connectivity index (χ3n) is 6.28. The molecule has 4 unspecified atom stereocenters. The molecule has 0 aliphatic carbocycles. The van der Waals surface area contributed by atoms with Gasteiger partial charge in [0.1, 0.15) is 23.3 Å². The van der Waals surface area contributed by atoms with Gasteiger partial charge in [0.15, 0.2) is 46.5 Å². The highest BCUT2D eigenvalue weighted by Gasteiger charge is 2.68. The SMILES string of the molecule is Fc1c(F)c(F)c(C(F)(F)C(F)C(F)(F)C2CCC(C(F)(F)C(F)C(F)(F)c3c(F)c(F)c(F)c(F)c3F)O2)c(F)c1F. The first kappa shape index (κ1) is 34.5. The van der Waals surface area contributed by atoms with Crippen LogP contribution in [0.3, 0.4) is 0 Å². The largest absolute Gasteiger partial charge is 0.362 e. The summed E-state index contributed by atoms with van der Waals surface area (Å²) in [6.07, 6.45) is -21.6. The molecule has 0 N–H and O–H groups in total. The van der Waals surface area contributed by atoms with Crippen molar-refractivity contribution in [2.75, 3.05) is 0 Å². The van der Waals surface area contributed by atoms with Crippen LogP contribution in [0.5, 0.6) is 0 Å². The Balaban J connectivity index is 1.94. The van der Waals surface area contributed by atoms with Crippen LogP contribution in [0.4, 0.5) is 87.8 Å². The van der Waals surface area contributed by atoms with Crippen LogP contribution in [0.15, 0.2) is 0 Å². The molecule has 43 heavy (non-hydrogen) atoms. The minimum Gasteiger partial charge on any atom is -0.362 e. The lowest BCUT2D eigenvalue weighted by atomic mass is 9.93. The lowest BCUT2D eigenvalue weighted by Crippen LogP contribution is -2.53. The summed E-state index contributed by atoms with van der Waals surface area (Å²) in [5.41, 5.74) is -6.86. The summed E-state index contributed by atoms with van der Waals surface area (Å²) in [5.74, 6) is -57.2. The molecule has 1 fully saturated rings. The van der Waals surface area contributed by atoms with Crippen LogP contribution < -0.4 is 0 Å². The van der Waals surface area contributed by atoms with Crippen LogP contribution in [0.1, 0.15) is 24.0 Å². The molecule has 0 saturated carbocycles. The van der Waals surface area contributed by atoms with Crippen molar-refractivity contribution >= 4 is 0 Å². The predicted octanol–water partition coefficient (Wildman–Crippen LogP) is 8.46. The number of rotatable bonds is 8. The minimum atomic E-state index is -6.35. The van der Waals surface area contributed by atoms with Crippen LogP contribution in [0.2, 0.25) is 0 Å². The first-order valence-corrected chi connectivity index (χ1v) is 10.9. The highest BCUT2D eigenvalue weighted by Crippen LogP contribution is 2.52. The minimum absolute atomic E-state index is 1.79. The summed E-state index contributed by atoms with van der Waals surface area (Å²) in [7, 11) is 0. The zero-order valence-corrected chi connectivity index (χ0v) is 19.7. The highest BCUT2D eigenvalue weighted by molar-refractivity contribution is 5.31. The van der Waals surface area contributed by atoms with Crippen molar-refractivity contribution in [3.63, 3.8) is 0 Å². The normalized spacial score (nSPS) is 20.1. The molecule has 0 bridgehead atoms. The Morgan fingerprint density at radius 3 is 0.860 bits per heavy atom. The van der Waals surface area contributed by atoms with Crippen molar-refractivity contribution in [1.82, 2.24) is 0 Å². The van der Waals surface area contributed by atoms with Gasteiger partial charge in [-0.2, -0.15) is 17.6 Å². The van der Waals surface area contributed by atoms with E-state index in [4.69, 9.17) is 0 Å². The Morgan fingerprint density at radius 2 is 0.628 bits per heavy atom. The van der Waals surface area contributed by atoms with Crippen LogP contribution in [-0.2, 0) is 16.6 Å². The molecule has 1 heterocycles. The second kappa shape index (κ2) is 10.9. The van der Waals surface area contributed by atoms with E-state index in [2.05, 4.69) is 4.74 Å². The van der Waals surface area contributed by atoms with E-state index < -0.39 is 130 Å². The van der Waals surface area contributed by atoms with Crippen LogP contribution in [-0.4, -0.2) is 36.4 Å². The molecule has 1 nitrogen and oxygen atoms in total. The van der Waals surface area contributed by atoms with E-state index in [1.54, 1.807) is 0 Å². The Bertz CT molecular complexity index is 1260. The maximum atomic E-state index is 14.6. The van der Waals surface area contributed by atoms with Gasteiger partial charge in [0.2, 0.25) is 24.0 Å². The fourth-order valence-corrected chi connectivity index (χ4v) is 4.06. The maximum Gasteiger partial charge on any atom is 0.315 e. The van der Waals surface area contributed by atoms with E-state index in [0.29, 0.717) is 0 Å². The molecule has 2 aromatic carbocycles. The van der Waals surface area contributed by atoms with Gasteiger partial charge in [-0.1, -0.05) is 0 Å². The van der Waals surface area contributed by atoms with Crippen molar-refractivity contribution in [3.05, 3.63) is 69.3 Å². The van der Waals surface area contributed by atoms with Gasteiger partial charge in [-0.05, 0) is 12.8 Å². The van der Waals surface area contributed by atoms with Crippen molar-refractivity contribution in [1.29, 1.82) is 0 Å². The van der Waals surface area contributed by atoms with Crippen molar-refractivity contribution < 1.29 is 92.5 Å². The Hall–Kier alpha value is -3.00. The van der Waals surface area contributed by atoms with Gasteiger partial charge >= 0.3 is 23.7 Å². The number of hydrogen-bond donors (Lipinski definition) is 0. The van der Waals surface area contributed by atoms with Crippen LogP contribution >= 0.6 is 0 Å². The average Bonchev–Trinajstić information content (AvgIpc) is 3.44. The van der Waals surface area contributed by atoms with E-state index in [1.165, 1.54) is 0 Å². The molecule has 1 aliphatic rings. The third-order valence-corrected chi connectivity index (χ3v) is 6.28. The second-order valence-electron chi connectivity index (χ2n) is 8.90.